The maximum atomic E-state index is 11.2. The van der Waals surface area contributed by atoms with Crippen molar-refractivity contribution in [1.82, 2.24) is 19.9 Å². The molecule has 0 aliphatic rings. The van der Waals surface area contributed by atoms with E-state index in [2.05, 4.69) is 19.9 Å². The van der Waals surface area contributed by atoms with Crippen molar-refractivity contribution in [3.63, 3.8) is 0 Å². The molecule has 0 saturated carbocycles. The van der Waals surface area contributed by atoms with E-state index in [4.69, 9.17) is 5.11 Å². The Hall–Kier alpha value is -0.990. The number of nitrogens with one attached hydrogen (secondary N) is 2. The lowest BCUT2D eigenvalue weighted by Gasteiger charge is -2.02. The molecule has 80 valence electrons. The summed E-state index contributed by atoms with van der Waals surface area (Å²) in [5, 5.41) is 14.6. The van der Waals surface area contributed by atoms with Gasteiger partial charge in [0.05, 0.1) is 12.3 Å². The molecule has 3 N–H and O–H groups in total. The molecule has 7 nitrogen and oxygen atoms in total. The maximum absolute atomic E-state index is 11.2. The van der Waals surface area contributed by atoms with Gasteiger partial charge in [0, 0.05) is 6.61 Å². The van der Waals surface area contributed by atoms with E-state index in [9.17, 15) is 8.42 Å². The molecule has 0 bridgehead atoms. The molecule has 0 radical (unpaired) electrons. The first-order valence-electron chi connectivity index (χ1n) is 4.06. The highest BCUT2D eigenvalue weighted by molar-refractivity contribution is 7.89. The Morgan fingerprint density at radius 2 is 2.36 bits per heavy atom. The highest BCUT2D eigenvalue weighted by atomic mass is 32.2. The lowest BCUT2D eigenvalue weighted by Crippen LogP contribution is -2.26. The Kier molecular flexibility index (Phi) is 3.98. The molecule has 1 aromatic heterocycles. The fourth-order valence-corrected chi connectivity index (χ4v) is 1.83. The number of rotatable bonds is 6. The normalized spacial score (nSPS) is 11.8. The van der Waals surface area contributed by atoms with Gasteiger partial charge >= 0.3 is 0 Å². The number of H-pyrrole nitrogens is 1. The number of aromatic amines is 1. The molecule has 0 amide bonds. The zero-order chi connectivity index (χ0) is 10.4. The lowest BCUT2D eigenvalue weighted by atomic mass is 10.5. The molecule has 1 heterocycles. The van der Waals surface area contributed by atoms with Crippen LogP contribution in [0.5, 0.6) is 0 Å². The Morgan fingerprint density at radius 1 is 1.57 bits per heavy atom. The number of hydrogen-bond donors (Lipinski definition) is 3. The second kappa shape index (κ2) is 5.03. The third kappa shape index (κ3) is 3.81. The molecule has 0 saturated heterocycles. The Labute approximate surface area is 81.6 Å². The SMILES string of the molecule is O=S(=O)(CCCO)NCc1ncn[nH]1. The van der Waals surface area contributed by atoms with Gasteiger partial charge in [-0.25, -0.2) is 18.1 Å². The van der Waals surface area contributed by atoms with E-state index in [-0.39, 0.29) is 25.3 Å². The summed E-state index contributed by atoms with van der Waals surface area (Å²) in [5.41, 5.74) is 0. The van der Waals surface area contributed by atoms with E-state index in [1.165, 1.54) is 6.33 Å². The van der Waals surface area contributed by atoms with Crippen molar-refractivity contribution in [2.75, 3.05) is 12.4 Å². The van der Waals surface area contributed by atoms with E-state index in [0.717, 1.165) is 0 Å². The van der Waals surface area contributed by atoms with Crippen LogP contribution in [-0.2, 0) is 16.6 Å². The van der Waals surface area contributed by atoms with Gasteiger partial charge in [-0.3, -0.25) is 5.10 Å². The van der Waals surface area contributed by atoms with Crippen LogP contribution < -0.4 is 4.72 Å². The fraction of sp³-hybridized carbons (Fsp3) is 0.667. The minimum absolute atomic E-state index is 0.0857. The zero-order valence-corrected chi connectivity index (χ0v) is 8.29. The molecule has 0 fully saturated rings. The van der Waals surface area contributed by atoms with Crippen LogP contribution in [0.25, 0.3) is 0 Å². The summed E-state index contributed by atoms with van der Waals surface area (Å²) in [6, 6.07) is 0. The standard InChI is InChI=1S/C6H12N4O3S/c11-2-1-3-14(12,13)9-4-6-7-5-8-10-6/h5,9,11H,1-4H2,(H,7,8,10). The monoisotopic (exact) mass is 220 g/mol. The first-order chi connectivity index (χ1) is 6.64. The Morgan fingerprint density at radius 3 is 2.93 bits per heavy atom. The van der Waals surface area contributed by atoms with Gasteiger partial charge in [0.1, 0.15) is 12.2 Å². The minimum atomic E-state index is -3.32. The minimum Gasteiger partial charge on any atom is -0.396 e. The van der Waals surface area contributed by atoms with Gasteiger partial charge in [0.25, 0.3) is 0 Å². The molecule has 1 aromatic rings. The van der Waals surface area contributed by atoms with Crippen molar-refractivity contribution in [3.8, 4) is 0 Å². The highest BCUT2D eigenvalue weighted by Gasteiger charge is 2.09. The molecule has 8 heteroatoms. The second-order valence-corrected chi connectivity index (χ2v) is 4.58. The topological polar surface area (TPSA) is 108 Å². The number of aliphatic hydroxyl groups excluding tert-OH is 1. The molecule has 14 heavy (non-hydrogen) atoms. The third-order valence-electron chi connectivity index (χ3n) is 1.50. The van der Waals surface area contributed by atoms with E-state index >= 15 is 0 Å². The van der Waals surface area contributed by atoms with Crippen LogP contribution in [0.4, 0.5) is 0 Å². The van der Waals surface area contributed by atoms with Crippen LogP contribution in [-0.4, -0.2) is 41.1 Å². The molecule has 0 atom stereocenters. The Bertz CT molecular complexity index is 347. The van der Waals surface area contributed by atoms with Crippen molar-refractivity contribution in [2.24, 2.45) is 0 Å². The summed E-state index contributed by atoms with van der Waals surface area (Å²) in [7, 11) is -3.32. The van der Waals surface area contributed by atoms with Crippen molar-refractivity contribution in [1.29, 1.82) is 0 Å². The van der Waals surface area contributed by atoms with Crippen LogP contribution >= 0.6 is 0 Å². The number of aliphatic hydroxyl groups is 1. The number of nitrogens with zero attached hydrogens (tertiary/aromatic N) is 2. The Balaban J connectivity index is 2.37. The van der Waals surface area contributed by atoms with Crippen LogP contribution in [0.15, 0.2) is 6.33 Å². The zero-order valence-electron chi connectivity index (χ0n) is 7.47. The first kappa shape index (κ1) is 11.1. The van der Waals surface area contributed by atoms with Crippen LogP contribution in [0, 0.1) is 0 Å². The molecule has 0 aromatic carbocycles. The molecular formula is C6H12N4O3S. The molecule has 1 rings (SSSR count). The lowest BCUT2D eigenvalue weighted by molar-refractivity contribution is 0.295. The summed E-state index contributed by atoms with van der Waals surface area (Å²) in [6.07, 6.45) is 1.53. The summed E-state index contributed by atoms with van der Waals surface area (Å²) in [4.78, 5) is 3.76. The molecule has 0 aliphatic carbocycles. The molecular weight excluding hydrogens is 208 g/mol. The van der Waals surface area contributed by atoms with Crippen LogP contribution in [0.2, 0.25) is 0 Å². The average Bonchev–Trinajstić information content (AvgIpc) is 2.64. The molecule has 0 unspecified atom stereocenters. The second-order valence-electron chi connectivity index (χ2n) is 2.65. The number of sulfonamides is 1. The van der Waals surface area contributed by atoms with Gasteiger partial charge in [-0.05, 0) is 6.42 Å². The van der Waals surface area contributed by atoms with Gasteiger partial charge in [-0.15, -0.1) is 0 Å². The van der Waals surface area contributed by atoms with Gasteiger partial charge in [-0.2, -0.15) is 5.10 Å². The van der Waals surface area contributed by atoms with Gasteiger partial charge in [0.15, 0.2) is 0 Å². The third-order valence-corrected chi connectivity index (χ3v) is 2.91. The van der Waals surface area contributed by atoms with Crippen molar-refractivity contribution in [3.05, 3.63) is 12.2 Å². The van der Waals surface area contributed by atoms with E-state index in [1.54, 1.807) is 0 Å². The highest BCUT2D eigenvalue weighted by Crippen LogP contribution is 1.91. The quantitative estimate of drug-likeness (QED) is 0.547. The predicted octanol–water partition coefficient (Wildman–Crippen LogP) is -1.39. The van der Waals surface area contributed by atoms with Crippen LogP contribution in [0.1, 0.15) is 12.2 Å². The van der Waals surface area contributed by atoms with Crippen LogP contribution in [0.3, 0.4) is 0 Å². The summed E-state index contributed by atoms with van der Waals surface area (Å²) < 4.78 is 24.7. The van der Waals surface area contributed by atoms with E-state index < -0.39 is 10.0 Å². The molecule has 0 aliphatic heterocycles. The van der Waals surface area contributed by atoms with E-state index in [1.807, 2.05) is 0 Å². The smallest absolute Gasteiger partial charge is 0.212 e. The fourth-order valence-electron chi connectivity index (χ4n) is 0.821. The van der Waals surface area contributed by atoms with E-state index in [0.29, 0.717) is 5.82 Å². The summed E-state index contributed by atoms with van der Waals surface area (Å²) in [6.45, 7) is -0.0447. The number of hydrogen-bond acceptors (Lipinski definition) is 5. The first-order valence-corrected chi connectivity index (χ1v) is 5.72. The van der Waals surface area contributed by atoms with Crippen molar-refractivity contribution >= 4 is 10.0 Å². The van der Waals surface area contributed by atoms with Gasteiger partial charge in [0.2, 0.25) is 10.0 Å². The maximum Gasteiger partial charge on any atom is 0.212 e. The predicted molar refractivity (Wildman–Crippen MR) is 48.7 cm³/mol. The summed E-state index contributed by atoms with van der Waals surface area (Å²) in [5.74, 6) is 0.370. The largest absolute Gasteiger partial charge is 0.396 e. The van der Waals surface area contributed by atoms with Gasteiger partial charge in [-0.1, -0.05) is 0 Å². The number of aromatic nitrogens is 3. The average molecular weight is 220 g/mol. The van der Waals surface area contributed by atoms with Crippen molar-refractivity contribution in [2.45, 2.75) is 13.0 Å². The van der Waals surface area contributed by atoms with Gasteiger partial charge < -0.3 is 5.11 Å². The summed E-state index contributed by atoms with van der Waals surface area (Å²) >= 11 is 0. The molecule has 0 spiro atoms. The van der Waals surface area contributed by atoms with Crippen molar-refractivity contribution < 1.29 is 13.5 Å².